The number of carbonyl (C=O) groups excluding carboxylic acids is 1. The first-order valence-corrected chi connectivity index (χ1v) is 8.15. The number of aromatic nitrogens is 4. The molecule has 23 heavy (non-hydrogen) atoms. The summed E-state index contributed by atoms with van der Waals surface area (Å²) in [6, 6.07) is 5.63. The van der Waals surface area contributed by atoms with Crippen LogP contribution in [0.1, 0.15) is 39.9 Å². The van der Waals surface area contributed by atoms with Crippen LogP contribution < -0.4 is 10.1 Å². The molecule has 3 aromatic rings. The van der Waals surface area contributed by atoms with E-state index in [9.17, 15) is 4.79 Å². The minimum atomic E-state index is -0.272. The van der Waals surface area contributed by atoms with Gasteiger partial charge in [0.05, 0.1) is 12.8 Å². The Hall–Kier alpha value is -2.48. The van der Waals surface area contributed by atoms with Crippen LogP contribution >= 0.6 is 11.3 Å². The summed E-state index contributed by atoms with van der Waals surface area (Å²) in [7, 11) is 1.57. The molecule has 1 amide bonds. The second kappa shape index (κ2) is 5.31. The second-order valence-electron chi connectivity index (χ2n) is 5.59. The van der Waals surface area contributed by atoms with Crippen LogP contribution in [-0.2, 0) is 0 Å². The fourth-order valence-electron chi connectivity index (χ4n) is 2.42. The molecule has 7 nitrogen and oxygen atoms in total. The molecule has 1 fully saturated rings. The standard InChI is InChI=1S/C15H15N5O2S/c1-8-3-6-11(22-2)10(7-8)16-13(21)14-19-20-12(9-4-5-9)17-18-15(20)23-14/h3,6-7,9H,4-5H2,1-2H3,(H,16,21). The lowest BCUT2D eigenvalue weighted by atomic mass is 10.2. The van der Waals surface area contributed by atoms with Gasteiger partial charge in [-0.1, -0.05) is 17.4 Å². The largest absolute Gasteiger partial charge is 0.495 e. The van der Waals surface area contributed by atoms with Gasteiger partial charge in [-0.25, -0.2) is 0 Å². The average Bonchev–Trinajstić information content (AvgIpc) is 3.15. The highest BCUT2D eigenvalue weighted by Crippen LogP contribution is 2.39. The molecule has 0 bridgehead atoms. The van der Waals surface area contributed by atoms with Gasteiger partial charge in [0.25, 0.3) is 5.91 Å². The molecule has 1 saturated carbocycles. The topological polar surface area (TPSA) is 81.4 Å². The third kappa shape index (κ3) is 2.55. The number of anilines is 1. The van der Waals surface area contributed by atoms with Crippen LogP contribution in [0.5, 0.6) is 5.75 Å². The Morgan fingerprint density at radius 2 is 2.22 bits per heavy atom. The first kappa shape index (κ1) is 14.1. The molecule has 0 saturated heterocycles. The van der Waals surface area contributed by atoms with Crippen molar-refractivity contribution in [1.29, 1.82) is 0 Å². The maximum Gasteiger partial charge on any atom is 0.286 e. The summed E-state index contributed by atoms with van der Waals surface area (Å²) >= 11 is 1.23. The highest BCUT2D eigenvalue weighted by molar-refractivity contribution is 7.18. The number of hydrogen-bond donors (Lipinski definition) is 1. The van der Waals surface area contributed by atoms with Gasteiger partial charge in [-0.3, -0.25) is 4.79 Å². The van der Waals surface area contributed by atoms with Gasteiger partial charge < -0.3 is 10.1 Å². The summed E-state index contributed by atoms with van der Waals surface area (Å²) in [5, 5.41) is 15.8. The van der Waals surface area contributed by atoms with E-state index in [4.69, 9.17) is 4.74 Å². The molecule has 8 heteroatoms. The van der Waals surface area contributed by atoms with Crippen LogP contribution in [-0.4, -0.2) is 32.8 Å². The minimum Gasteiger partial charge on any atom is -0.495 e. The van der Waals surface area contributed by atoms with Crippen molar-refractivity contribution in [2.24, 2.45) is 0 Å². The number of methoxy groups -OCH3 is 1. The summed E-state index contributed by atoms with van der Waals surface area (Å²) in [4.78, 5) is 13.1. The van der Waals surface area contributed by atoms with Gasteiger partial charge in [0.1, 0.15) is 5.75 Å². The average molecular weight is 329 g/mol. The van der Waals surface area contributed by atoms with Crippen LogP contribution in [0, 0.1) is 6.92 Å². The van der Waals surface area contributed by atoms with Gasteiger partial charge in [0.15, 0.2) is 5.82 Å². The number of rotatable bonds is 4. The van der Waals surface area contributed by atoms with E-state index in [1.54, 1.807) is 11.6 Å². The molecule has 1 aliphatic rings. The molecule has 0 unspecified atom stereocenters. The number of fused-ring (bicyclic) bond motifs is 1. The van der Waals surface area contributed by atoms with E-state index >= 15 is 0 Å². The van der Waals surface area contributed by atoms with Gasteiger partial charge in [-0.2, -0.15) is 4.52 Å². The Morgan fingerprint density at radius 1 is 1.39 bits per heavy atom. The summed E-state index contributed by atoms with van der Waals surface area (Å²) in [6.07, 6.45) is 2.22. The van der Waals surface area contributed by atoms with Gasteiger partial charge in [-0.15, -0.1) is 15.3 Å². The molecule has 0 aliphatic heterocycles. The van der Waals surface area contributed by atoms with Crippen LogP contribution in [0.2, 0.25) is 0 Å². The number of nitrogens with zero attached hydrogens (tertiary/aromatic N) is 4. The summed E-state index contributed by atoms with van der Waals surface area (Å²) in [6.45, 7) is 1.96. The molecule has 0 atom stereocenters. The smallest absolute Gasteiger partial charge is 0.286 e. The SMILES string of the molecule is COc1ccc(C)cc1NC(=O)c1nn2c(C3CC3)nnc2s1. The van der Waals surface area contributed by atoms with Crippen molar-refractivity contribution in [2.45, 2.75) is 25.7 Å². The fraction of sp³-hybridized carbons (Fsp3) is 0.333. The number of ether oxygens (including phenoxy) is 1. The lowest BCUT2D eigenvalue weighted by molar-refractivity contribution is 0.102. The highest BCUT2D eigenvalue weighted by atomic mass is 32.1. The Morgan fingerprint density at radius 3 is 2.96 bits per heavy atom. The molecule has 2 aromatic heterocycles. The summed E-state index contributed by atoms with van der Waals surface area (Å²) in [5.74, 6) is 1.63. The third-order valence-electron chi connectivity index (χ3n) is 3.75. The molecule has 4 rings (SSSR count). The van der Waals surface area contributed by atoms with Crippen molar-refractivity contribution < 1.29 is 9.53 Å². The van der Waals surface area contributed by atoms with E-state index in [-0.39, 0.29) is 5.91 Å². The van der Waals surface area contributed by atoms with E-state index in [2.05, 4.69) is 20.6 Å². The Balaban J connectivity index is 1.63. The quantitative estimate of drug-likeness (QED) is 0.796. The maximum atomic E-state index is 12.5. The van der Waals surface area contributed by atoms with Crippen molar-refractivity contribution in [3.05, 3.63) is 34.6 Å². The van der Waals surface area contributed by atoms with Crippen LogP contribution in [0.15, 0.2) is 18.2 Å². The number of benzene rings is 1. The first-order valence-electron chi connectivity index (χ1n) is 7.34. The number of aryl methyl sites for hydroxylation is 1. The van der Waals surface area contributed by atoms with E-state index < -0.39 is 0 Å². The Labute approximate surface area is 136 Å². The van der Waals surface area contributed by atoms with Crippen molar-refractivity contribution >= 4 is 27.9 Å². The predicted octanol–water partition coefficient (Wildman–Crippen LogP) is 2.63. The molecule has 0 radical (unpaired) electrons. The number of nitrogens with one attached hydrogen (secondary N) is 1. The van der Waals surface area contributed by atoms with Crippen LogP contribution in [0.25, 0.3) is 4.96 Å². The molecule has 118 valence electrons. The van der Waals surface area contributed by atoms with Gasteiger partial charge in [0, 0.05) is 5.92 Å². The molecule has 2 heterocycles. The van der Waals surface area contributed by atoms with Crippen molar-refractivity contribution in [2.75, 3.05) is 12.4 Å². The zero-order chi connectivity index (χ0) is 16.0. The van der Waals surface area contributed by atoms with E-state index in [1.165, 1.54) is 11.3 Å². The molecule has 0 spiro atoms. The second-order valence-corrected chi connectivity index (χ2v) is 6.55. The first-order chi connectivity index (χ1) is 11.2. The van der Waals surface area contributed by atoms with E-state index in [0.29, 0.717) is 27.3 Å². The summed E-state index contributed by atoms with van der Waals surface area (Å²) in [5.41, 5.74) is 1.67. The van der Waals surface area contributed by atoms with Gasteiger partial charge in [-0.05, 0) is 37.5 Å². The van der Waals surface area contributed by atoms with Crippen molar-refractivity contribution in [1.82, 2.24) is 19.8 Å². The van der Waals surface area contributed by atoms with Crippen molar-refractivity contribution in [3.8, 4) is 5.75 Å². The third-order valence-corrected chi connectivity index (χ3v) is 4.65. The zero-order valence-corrected chi connectivity index (χ0v) is 13.6. The van der Waals surface area contributed by atoms with Crippen LogP contribution in [0.4, 0.5) is 5.69 Å². The molecular weight excluding hydrogens is 314 g/mol. The minimum absolute atomic E-state index is 0.272. The highest BCUT2D eigenvalue weighted by Gasteiger charge is 2.30. The van der Waals surface area contributed by atoms with Gasteiger partial charge in [0.2, 0.25) is 9.97 Å². The lowest BCUT2D eigenvalue weighted by Gasteiger charge is -2.09. The van der Waals surface area contributed by atoms with E-state index in [0.717, 1.165) is 24.2 Å². The molecule has 1 N–H and O–H groups in total. The lowest BCUT2D eigenvalue weighted by Crippen LogP contribution is -2.13. The number of hydrogen-bond acceptors (Lipinski definition) is 6. The monoisotopic (exact) mass is 329 g/mol. The Kier molecular flexibility index (Phi) is 3.26. The Bertz CT molecular complexity index is 897. The number of carbonyl (C=O) groups is 1. The molecule has 1 aliphatic carbocycles. The van der Waals surface area contributed by atoms with Gasteiger partial charge >= 0.3 is 0 Å². The zero-order valence-electron chi connectivity index (χ0n) is 12.7. The predicted molar refractivity (Wildman–Crippen MR) is 86.3 cm³/mol. The van der Waals surface area contributed by atoms with E-state index in [1.807, 2.05) is 25.1 Å². The maximum absolute atomic E-state index is 12.5. The summed E-state index contributed by atoms with van der Waals surface area (Å²) < 4.78 is 6.97. The molecular formula is C15H15N5O2S. The number of amides is 1. The van der Waals surface area contributed by atoms with Crippen molar-refractivity contribution in [3.63, 3.8) is 0 Å². The normalized spacial score (nSPS) is 14.2. The van der Waals surface area contributed by atoms with Crippen LogP contribution in [0.3, 0.4) is 0 Å². The molecule has 1 aromatic carbocycles. The fourth-order valence-corrected chi connectivity index (χ4v) is 3.16.